The number of hydrogen-bond donors (Lipinski definition) is 2. The molecular formula is C30H32N6O5. The van der Waals surface area contributed by atoms with Crippen LogP contribution in [-0.4, -0.2) is 76.6 Å². The number of likely N-dealkylation sites (tertiary alicyclic amines) is 1. The molecule has 3 heterocycles. The first-order valence-electron chi connectivity index (χ1n) is 13.5. The zero-order valence-electron chi connectivity index (χ0n) is 23.1. The van der Waals surface area contributed by atoms with E-state index in [0.29, 0.717) is 13.1 Å². The normalized spacial score (nSPS) is 13.8. The molecule has 1 aliphatic heterocycles. The van der Waals surface area contributed by atoms with Gasteiger partial charge in [0, 0.05) is 48.5 Å². The third-order valence-corrected chi connectivity index (χ3v) is 7.44. The highest BCUT2D eigenvalue weighted by atomic mass is 16.5. The Kier molecular flexibility index (Phi) is 8.23. The Bertz CT molecular complexity index is 1620. The monoisotopic (exact) mass is 556 g/mol. The van der Waals surface area contributed by atoms with Gasteiger partial charge in [-0.1, -0.05) is 36.4 Å². The molecule has 2 aromatic heterocycles. The van der Waals surface area contributed by atoms with E-state index in [1.165, 1.54) is 7.11 Å². The lowest BCUT2D eigenvalue weighted by Crippen LogP contribution is -2.40. The molecule has 2 N–H and O–H groups in total. The molecule has 4 aromatic rings. The lowest BCUT2D eigenvalue weighted by Gasteiger charge is -2.30. The summed E-state index contributed by atoms with van der Waals surface area (Å²) in [5.74, 6) is -1.31. The van der Waals surface area contributed by atoms with Crippen molar-refractivity contribution in [3.05, 3.63) is 60.4 Å². The Morgan fingerprint density at radius 1 is 0.951 bits per heavy atom. The van der Waals surface area contributed by atoms with Gasteiger partial charge < -0.3 is 20.3 Å². The van der Waals surface area contributed by atoms with Gasteiger partial charge in [-0.15, -0.1) is 0 Å². The number of aromatic nitrogens is 3. The van der Waals surface area contributed by atoms with Gasteiger partial charge in [-0.2, -0.15) is 5.10 Å². The molecule has 11 nitrogen and oxygen atoms in total. The van der Waals surface area contributed by atoms with Gasteiger partial charge in [0.05, 0.1) is 30.6 Å². The molecule has 0 saturated carbocycles. The molecule has 0 bridgehead atoms. The molecule has 11 heteroatoms. The van der Waals surface area contributed by atoms with Crippen molar-refractivity contribution in [2.45, 2.75) is 32.2 Å². The van der Waals surface area contributed by atoms with E-state index in [0.717, 1.165) is 51.5 Å². The highest BCUT2D eigenvalue weighted by molar-refractivity contribution is 5.99. The average molecular weight is 557 g/mol. The predicted octanol–water partition coefficient (Wildman–Crippen LogP) is 2.38. The summed E-state index contributed by atoms with van der Waals surface area (Å²) in [5, 5.41) is 13.0. The number of rotatable bonds is 8. The van der Waals surface area contributed by atoms with Gasteiger partial charge >= 0.3 is 5.97 Å². The van der Waals surface area contributed by atoms with Crippen molar-refractivity contribution in [3.63, 3.8) is 0 Å². The van der Waals surface area contributed by atoms with Crippen LogP contribution in [0.4, 0.5) is 0 Å². The van der Waals surface area contributed by atoms with Crippen LogP contribution in [0.1, 0.15) is 31.4 Å². The number of carbonyl (C=O) groups is 4. The number of piperidine rings is 1. The van der Waals surface area contributed by atoms with E-state index in [9.17, 15) is 19.2 Å². The van der Waals surface area contributed by atoms with Crippen molar-refractivity contribution in [3.8, 4) is 11.3 Å². The predicted molar refractivity (Wildman–Crippen MR) is 153 cm³/mol. The smallest absolute Gasteiger partial charge is 0.325 e. The fourth-order valence-electron chi connectivity index (χ4n) is 5.25. The average Bonchev–Trinajstić information content (AvgIpc) is 3.36. The first kappa shape index (κ1) is 27.8. The van der Waals surface area contributed by atoms with Crippen molar-refractivity contribution >= 4 is 45.4 Å². The van der Waals surface area contributed by atoms with Crippen LogP contribution in [0.3, 0.4) is 0 Å². The summed E-state index contributed by atoms with van der Waals surface area (Å²) in [6.45, 7) is 2.23. The first-order valence-corrected chi connectivity index (χ1v) is 13.5. The van der Waals surface area contributed by atoms with Crippen LogP contribution in [0.5, 0.6) is 0 Å². The fourth-order valence-corrected chi connectivity index (χ4v) is 5.25. The minimum absolute atomic E-state index is 0.0622. The number of fused-ring (bicyclic) bond motifs is 2. The van der Waals surface area contributed by atoms with E-state index in [2.05, 4.69) is 21.4 Å². The third kappa shape index (κ3) is 6.19. The number of esters is 1. The number of benzene rings is 2. The molecule has 0 radical (unpaired) electrons. The molecule has 1 saturated heterocycles. The second-order valence-corrected chi connectivity index (χ2v) is 10.1. The van der Waals surface area contributed by atoms with Crippen molar-refractivity contribution in [1.29, 1.82) is 0 Å². The maximum Gasteiger partial charge on any atom is 0.325 e. The number of nitrogens with one attached hydrogen (secondary N) is 2. The number of ether oxygens (including phenoxy) is 1. The van der Waals surface area contributed by atoms with E-state index in [-0.39, 0.29) is 31.5 Å². The van der Waals surface area contributed by atoms with E-state index < -0.39 is 17.8 Å². The van der Waals surface area contributed by atoms with Crippen LogP contribution < -0.4 is 10.6 Å². The van der Waals surface area contributed by atoms with Crippen LogP contribution >= 0.6 is 0 Å². The first-order chi connectivity index (χ1) is 19.8. The van der Waals surface area contributed by atoms with E-state index in [1.807, 2.05) is 53.6 Å². The summed E-state index contributed by atoms with van der Waals surface area (Å²) in [5.41, 5.74) is 3.39. The second-order valence-electron chi connectivity index (χ2n) is 10.1. The Hall–Kier alpha value is -4.80. The zero-order chi connectivity index (χ0) is 28.9. The Balaban J connectivity index is 1.45. The van der Waals surface area contributed by atoms with Gasteiger partial charge in [-0.3, -0.25) is 28.8 Å². The molecule has 0 aliphatic carbocycles. The number of hydrogen-bond acceptors (Lipinski definition) is 7. The van der Waals surface area contributed by atoms with E-state index in [1.54, 1.807) is 11.6 Å². The molecule has 2 aromatic carbocycles. The lowest BCUT2D eigenvalue weighted by atomic mass is 9.89. The molecule has 5 rings (SSSR count). The molecule has 0 atom stereocenters. The number of nitrogens with zero attached hydrogens (tertiary/aromatic N) is 4. The summed E-state index contributed by atoms with van der Waals surface area (Å²) >= 11 is 0. The molecule has 212 valence electrons. The van der Waals surface area contributed by atoms with Gasteiger partial charge in [0.25, 0.3) is 0 Å². The molecular weight excluding hydrogens is 524 g/mol. The summed E-state index contributed by atoms with van der Waals surface area (Å²) < 4.78 is 6.16. The highest BCUT2D eigenvalue weighted by Gasteiger charge is 2.28. The SMILES string of the molecule is COC(=O)CNC(=O)CNC(=O)Cn1nc(C2CCN(C(C)=O)CC2)c2c(-c3cc4ccccc4cn3)cccc21. The molecule has 1 aliphatic rings. The van der Waals surface area contributed by atoms with Gasteiger partial charge in [0.1, 0.15) is 13.1 Å². The molecule has 3 amide bonds. The van der Waals surface area contributed by atoms with Crippen molar-refractivity contribution in [2.75, 3.05) is 33.3 Å². The second kappa shape index (κ2) is 12.2. The van der Waals surface area contributed by atoms with Crippen molar-refractivity contribution < 1.29 is 23.9 Å². The molecule has 1 fully saturated rings. The Morgan fingerprint density at radius 3 is 2.41 bits per heavy atom. The molecule has 41 heavy (non-hydrogen) atoms. The molecule has 0 spiro atoms. The zero-order valence-corrected chi connectivity index (χ0v) is 23.1. The quantitative estimate of drug-likeness (QED) is 0.318. The minimum Gasteiger partial charge on any atom is -0.468 e. The number of methoxy groups -OCH3 is 1. The topological polar surface area (TPSA) is 136 Å². The maximum absolute atomic E-state index is 12.9. The number of carbonyl (C=O) groups excluding carboxylic acids is 4. The Labute approximate surface area is 236 Å². The summed E-state index contributed by atoms with van der Waals surface area (Å²) in [6.07, 6.45) is 3.38. The third-order valence-electron chi connectivity index (χ3n) is 7.44. The van der Waals surface area contributed by atoms with Gasteiger partial charge in [0.2, 0.25) is 17.7 Å². The van der Waals surface area contributed by atoms with Crippen LogP contribution in [-0.2, 0) is 30.5 Å². The Morgan fingerprint density at radius 2 is 1.68 bits per heavy atom. The van der Waals surface area contributed by atoms with E-state index >= 15 is 0 Å². The maximum atomic E-state index is 12.9. The van der Waals surface area contributed by atoms with Gasteiger partial charge in [-0.25, -0.2) is 0 Å². The van der Waals surface area contributed by atoms with E-state index in [4.69, 9.17) is 10.1 Å². The number of pyridine rings is 1. The summed E-state index contributed by atoms with van der Waals surface area (Å²) in [4.78, 5) is 54.7. The standard InChI is InChI=1S/C30H32N6O5/c1-19(37)35-12-10-20(11-13-35)30-29-23(24-14-21-6-3-4-7-22(21)15-31-24)8-5-9-25(29)36(34-30)18-27(39)32-16-26(38)33-17-28(40)41-2/h3-9,14-15,20H,10-13,16-18H2,1-2H3,(H,32,39)(H,33,38). The highest BCUT2D eigenvalue weighted by Crippen LogP contribution is 2.38. The summed E-state index contributed by atoms with van der Waals surface area (Å²) in [6, 6.07) is 16.0. The van der Waals surface area contributed by atoms with Crippen LogP contribution in [0.2, 0.25) is 0 Å². The van der Waals surface area contributed by atoms with Gasteiger partial charge in [-0.05, 0) is 30.4 Å². The minimum atomic E-state index is -0.578. The lowest BCUT2D eigenvalue weighted by molar-refractivity contribution is -0.141. The van der Waals surface area contributed by atoms with Crippen molar-refractivity contribution in [2.24, 2.45) is 0 Å². The van der Waals surface area contributed by atoms with Crippen LogP contribution in [0, 0.1) is 0 Å². The largest absolute Gasteiger partial charge is 0.468 e. The number of amides is 3. The van der Waals surface area contributed by atoms with Gasteiger partial charge in [0.15, 0.2) is 0 Å². The van der Waals surface area contributed by atoms with Crippen LogP contribution in [0.25, 0.3) is 32.9 Å². The fraction of sp³-hybridized carbons (Fsp3) is 0.333. The summed E-state index contributed by atoms with van der Waals surface area (Å²) in [7, 11) is 1.23. The van der Waals surface area contributed by atoms with Crippen molar-refractivity contribution in [1.82, 2.24) is 30.3 Å². The van der Waals surface area contributed by atoms with Crippen LogP contribution in [0.15, 0.2) is 54.7 Å². The molecule has 0 unspecified atom stereocenters.